The van der Waals surface area contributed by atoms with E-state index < -0.39 is 0 Å². The fourth-order valence-electron chi connectivity index (χ4n) is 2.39. The van der Waals surface area contributed by atoms with Gasteiger partial charge in [-0.3, -0.25) is 4.90 Å². The molecule has 1 rings (SSSR count). The van der Waals surface area contributed by atoms with E-state index in [1.807, 2.05) is 29.2 Å². The Balaban J connectivity index is 2.89. The lowest BCUT2D eigenvalue weighted by Crippen LogP contribution is -2.51. The van der Waals surface area contributed by atoms with Crippen LogP contribution >= 0.6 is 0 Å². The van der Waals surface area contributed by atoms with Gasteiger partial charge in [0.25, 0.3) is 0 Å². The summed E-state index contributed by atoms with van der Waals surface area (Å²) in [4.78, 5) is 16.3. The summed E-state index contributed by atoms with van der Waals surface area (Å²) in [6.45, 7) is 8.67. The van der Waals surface area contributed by atoms with Gasteiger partial charge in [0.2, 0.25) is 0 Å². The molecule has 0 saturated carbocycles. The van der Waals surface area contributed by atoms with E-state index in [2.05, 4.69) is 31.0 Å². The molecule has 0 heterocycles. The van der Waals surface area contributed by atoms with Crippen LogP contribution in [-0.4, -0.2) is 49.2 Å². The Morgan fingerprint density at radius 3 is 2.24 bits per heavy atom. The number of carbonyl (C=O) groups excluding carboxylic acids is 1. The standard InChI is InChI=1S/C16H27N3O2/c1-6-18(7-2)13(3)19(16(20)17-4)12-14-8-10-15(21-5)11-9-14/h8-11,13H,6-7,12H2,1-5H3,(H,17,20). The van der Waals surface area contributed by atoms with E-state index in [1.165, 1.54) is 0 Å². The molecular weight excluding hydrogens is 266 g/mol. The van der Waals surface area contributed by atoms with Crippen LogP contribution in [0.5, 0.6) is 5.75 Å². The largest absolute Gasteiger partial charge is 0.497 e. The quantitative estimate of drug-likeness (QED) is 0.786. The van der Waals surface area contributed by atoms with Crippen molar-refractivity contribution < 1.29 is 9.53 Å². The van der Waals surface area contributed by atoms with Crippen LogP contribution in [0.2, 0.25) is 0 Å². The Labute approximate surface area is 127 Å². The first-order chi connectivity index (χ1) is 10.1. The van der Waals surface area contributed by atoms with Gasteiger partial charge in [-0.05, 0) is 37.7 Å². The summed E-state index contributed by atoms with van der Waals surface area (Å²) in [5.74, 6) is 0.821. The third kappa shape index (κ3) is 4.63. The summed E-state index contributed by atoms with van der Waals surface area (Å²) in [6.07, 6.45) is 0.0436. The number of hydrogen-bond donors (Lipinski definition) is 1. The molecule has 1 unspecified atom stereocenters. The maximum Gasteiger partial charge on any atom is 0.318 e. The number of methoxy groups -OCH3 is 1. The lowest BCUT2D eigenvalue weighted by molar-refractivity contribution is 0.0805. The number of urea groups is 1. The van der Waals surface area contributed by atoms with E-state index in [-0.39, 0.29) is 12.2 Å². The predicted octanol–water partition coefficient (Wildman–Crippen LogP) is 2.52. The van der Waals surface area contributed by atoms with Crippen molar-refractivity contribution in [2.45, 2.75) is 33.5 Å². The number of nitrogens with one attached hydrogen (secondary N) is 1. The molecule has 1 N–H and O–H groups in total. The highest BCUT2D eigenvalue weighted by atomic mass is 16.5. The summed E-state index contributed by atoms with van der Waals surface area (Å²) in [5, 5.41) is 2.73. The molecule has 0 radical (unpaired) electrons. The summed E-state index contributed by atoms with van der Waals surface area (Å²) in [6, 6.07) is 7.75. The first-order valence-electron chi connectivity index (χ1n) is 7.42. The third-order valence-corrected chi connectivity index (χ3v) is 3.78. The molecule has 118 valence electrons. The predicted molar refractivity (Wildman–Crippen MR) is 85.4 cm³/mol. The summed E-state index contributed by atoms with van der Waals surface area (Å²) in [7, 11) is 3.31. The van der Waals surface area contributed by atoms with Crippen LogP contribution in [0.15, 0.2) is 24.3 Å². The van der Waals surface area contributed by atoms with Crippen molar-refractivity contribution in [3.05, 3.63) is 29.8 Å². The van der Waals surface area contributed by atoms with Gasteiger partial charge in [-0.25, -0.2) is 4.79 Å². The average Bonchev–Trinajstić information content (AvgIpc) is 2.53. The molecule has 0 aliphatic heterocycles. The van der Waals surface area contributed by atoms with Crippen molar-refractivity contribution in [2.75, 3.05) is 27.2 Å². The summed E-state index contributed by atoms with van der Waals surface area (Å²) >= 11 is 0. The van der Waals surface area contributed by atoms with Crippen LogP contribution in [-0.2, 0) is 6.54 Å². The highest BCUT2D eigenvalue weighted by Crippen LogP contribution is 2.15. The molecule has 1 atom stereocenters. The number of benzene rings is 1. The van der Waals surface area contributed by atoms with Crippen LogP contribution < -0.4 is 10.1 Å². The summed E-state index contributed by atoms with van der Waals surface area (Å²) < 4.78 is 5.16. The molecule has 0 spiro atoms. The summed E-state index contributed by atoms with van der Waals surface area (Å²) in [5.41, 5.74) is 1.08. The molecule has 1 aromatic rings. The second kappa shape index (κ2) is 8.52. The normalized spacial score (nSPS) is 12.1. The van der Waals surface area contributed by atoms with Crippen molar-refractivity contribution in [1.29, 1.82) is 0 Å². The van der Waals surface area contributed by atoms with Gasteiger partial charge in [0.15, 0.2) is 0 Å². The minimum Gasteiger partial charge on any atom is -0.497 e. The number of hydrogen-bond acceptors (Lipinski definition) is 3. The number of carbonyl (C=O) groups is 1. The Morgan fingerprint density at radius 1 is 1.24 bits per heavy atom. The van der Waals surface area contributed by atoms with Gasteiger partial charge in [0, 0.05) is 13.6 Å². The van der Waals surface area contributed by atoms with Gasteiger partial charge in [-0.1, -0.05) is 26.0 Å². The molecule has 0 aliphatic carbocycles. The molecule has 0 aliphatic rings. The molecule has 5 heteroatoms. The zero-order valence-corrected chi connectivity index (χ0v) is 13.7. The topological polar surface area (TPSA) is 44.8 Å². The highest BCUT2D eigenvalue weighted by molar-refractivity contribution is 5.74. The minimum absolute atomic E-state index is 0.0436. The molecule has 21 heavy (non-hydrogen) atoms. The molecule has 0 bridgehead atoms. The zero-order chi connectivity index (χ0) is 15.8. The first kappa shape index (κ1) is 17.3. The smallest absolute Gasteiger partial charge is 0.318 e. The second-order valence-electron chi connectivity index (χ2n) is 4.88. The molecule has 2 amide bonds. The van der Waals surface area contributed by atoms with Crippen LogP contribution in [0.4, 0.5) is 4.79 Å². The van der Waals surface area contributed by atoms with Gasteiger partial charge in [0.1, 0.15) is 5.75 Å². The van der Waals surface area contributed by atoms with Crippen molar-refractivity contribution >= 4 is 6.03 Å². The van der Waals surface area contributed by atoms with Gasteiger partial charge >= 0.3 is 6.03 Å². The third-order valence-electron chi connectivity index (χ3n) is 3.78. The van der Waals surface area contributed by atoms with Crippen molar-refractivity contribution in [1.82, 2.24) is 15.1 Å². The van der Waals surface area contributed by atoms with Crippen LogP contribution in [0.25, 0.3) is 0 Å². The van der Waals surface area contributed by atoms with Crippen LogP contribution in [0, 0.1) is 0 Å². The number of nitrogens with zero attached hydrogens (tertiary/aromatic N) is 2. The first-order valence-corrected chi connectivity index (χ1v) is 7.42. The Bertz CT molecular complexity index is 430. The monoisotopic (exact) mass is 293 g/mol. The number of rotatable bonds is 7. The van der Waals surface area contributed by atoms with E-state index in [0.29, 0.717) is 6.54 Å². The van der Waals surface area contributed by atoms with E-state index in [0.717, 1.165) is 24.4 Å². The molecule has 5 nitrogen and oxygen atoms in total. The molecule has 1 aromatic carbocycles. The molecule has 0 aromatic heterocycles. The fraction of sp³-hybridized carbons (Fsp3) is 0.562. The maximum atomic E-state index is 12.2. The van der Waals surface area contributed by atoms with Gasteiger partial charge in [-0.2, -0.15) is 0 Å². The van der Waals surface area contributed by atoms with E-state index >= 15 is 0 Å². The van der Waals surface area contributed by atoms with E-state index in [1.54, 1.807) is 14.2 Å². The molecule has 0 fully saturated rings. The SMILES string of the molecule is CCN(CC)C(C)N(Cc1ccc(OC)cc1)C(=O)NC. The maximum absolute atomic E-state index is 12.2. The molecule has 0 saturated heterocycles. The zero-order valence-electron chi connectivity index (χ0n) is 13.7. The van der Waals surface area contributed by atoms with E-state index in [4.69, 9.17) is 4.74 Å². The molecular formula is C16H27N3O2. The number of amides is 2. The Hall–Kier alpha value is -1.75. The lowest BCUT2D eigenvalue weighted by Gasteiger charge is -2.36. The van der Waals surface area contributed by atoms with Gasteiger partial charge in [0.05, 0.1) is 13.3 Å². The average molecular weight is 293 g/mol. The van der Waals surface area contributed by atoms with Gasteiger partial charge < -0.3 is 15.0 Å². The lowest BCUT2D eigenvalue weighted by atomic mass is 10.2. The fourth-order valence-corrected chi connectivity index (χ4v) is 2.39. The van der Waals surface area contributed by atoms with Crippen LogP contribution in [0.3, 0.4) is 0 Å². The van der Waals surface area contributed by atoms with Crippen molar-refractivity contribution in [2.24, 2.45) is 0 Å². The Morgan fingerprint density at radius 2 is 1.81 bits per heavy atom. The van der Waals surface area contributed by atoms with Gasteiger partial charge in [-0.15, -0.1) is 0 Å². The van der Waals surface area contributed by atoms with Crippen molar-refractivity contribution in [3.8, 4) is 5.75 Å². The van der Waals surface area contributed by atoms with Crippen molar-refractivity contribution in [3.63, 3.8) is 0 Å². The Kier molecular flexibility index (Phi) is 7.02. The van der Waals surface area contributed by atoms with Crippen LogP contribution in [0.1, 0.15) is 26.3 Å². The minimum atomic E-state index is -0.0646. The highest BCUT2D eigenvalue weighted by Gasteiger charge is 2.23. The second-order valence-corrected chi connectivity index (χ2v) is 4.88. The van der Waals surface area contributed by atoms with E-state index in [9.17, 15) is 4.79 Å². The number of ether oxygens (including phenoxy) is 1.